The average Bonchev–Trinajstić information content (AvgIpc) is 3.74. The van der Waals surface area contributed by atoms with E-state index in [9.17, 15) is 0 Å². The molecule has 0 N–H and O–H groups in total. The van der Waals surface area contributed by atoms with Crippen LogP contribution < -0.4 is 9.80 Å². The zero-order valence-electron chi connectivity index (χ0n) is 28.3. The number of para-hydroxylation sites is 2. The number of hydrogen-bond acceptors (Lipinski definition) is 4. The topological polar surface area (TPSA) is 32.3 Å². The predicted molar refractivity (Wildman–Crippen MR) is 214 cm³/mol. The van der Waals surface area contributed by atoms with Crippen LogP contribution in [0.15, 0.2) is 193 Å². The van der Waals surface area contributed by atoms with Crippen LogP contribution in [0.25, 0.3) is 43.4 Å². The predicted octanol–water partition coefficient (Wildman–Crippen LogP) is 11.2. The van der Waals surface area contributed by atoms with E-state index in [2.05, 4.69) is 180 Å². The van der Waals surface area contributed by atoms with Gasteiger partial charge in [0.25, 0.3) is 0 Å². The lowest BCUT2D eigenvalue weighted by Crippen LogP contribution is -2.33. The molecule has 0 saturated carbocycles. The Bertz CT molecular complexity index is 2900. The molecule has 12 rings (SSSR count). The normalized spacial score (nSPS) is 22.5. The van der Waals surface area contributed by atoms with E-state index < -0.39 is 0 Å². The number of aromatic nitrogens is 2. The summed E-state index contributed by atoms with van der Waals surface area (Å²) < 4.78 is 0. The molecule has 244 valence electrons. The average molecular weight is 665 g/mol. The molecule has 4 heterocycles. The number of nitrogens with zero attached hydrogens (tertiary/aromatic N) is 4. The molecule has 0 radical (unpaired) electrons. The number of fused-ring (bicyclic) bond motifs is 15. The molecule has 0 spiro atoms. The van der Waals surface area contributed by atoms with Crippen LogP contribution in [0.4, 0.5) is 17.1 Å². The van der Waals surface area contributed by atoms with Crippen LogP contribution >= 0.6 is 0 Å². The fourth-order valence-corrected chi connectivity index (χ4v) is 9.93. The van der Waals surface area contributed by atoms with Gasteiger partial charge in [0.2, 0.25) is 0 Å². The molecule has 2 aliphatic heterocycles. The first-order valence-corrected chi connectivity index (χ1v) is 18.2. The number of hydrogen-bond donors (Lipinski definition) is 0. The monoisotopic (exact) mass is 664 g/mol. The summed E-state index contributed by atoms with van der Waals surface area (Å²) >= 11 is 0. The third-order valence-electron chi connectivity index (χ3n) is 11.9. The van der Waals surface area contributed by atoms with Crippen LogP contribution in [0.5, 0.6) is 0 Å². The second kappa shape index (κ2) is 10.5. The van der Waals surface area contributed by atoms with Crippen LogP contribution in [0.3, 0.4) is 0 Å². The van der Waals surface area contributed by atoms with Crippen molar-refractivity contribution in [2.24, 2.45) is 11.8 Å². The van der Waals surface area contributed by atoms with Crippen LogP contribution in [0, 0.1) is 11.8 Å². The van der Waals surface area contributed by atoms with E-state index in [4.69, 9.17) is 9.97 Å². The number of rotatable bonds is 2. The minimum Gasteiger partial charge on any atom is -0.329 e. The second-order valence-corrected chi connectivity index (χ2v) is 14.5. The molecule has 5 aliphatic rings. The maximum Gasteiger partial charge on any atom is 0.0868 e. The van der Waals surface area contributed by atoms with Crippen LogP contribution in [0.2, 0.25) is 0 Å². The summed E-state index contributed by atoms with van der Waals surface area (Å²) in [4.78, 5) is 15.5. The van der Waals surface area contributed by atoms with Crippen molar-refractivity contribution < 1.29 is 0 Å². The molecule has 1 saturated heterocycles. The van der Waals surface area contributed by atoms with Gasteiger partial charge < -0.3 is 9.80 Å². The SMILES string of the molecule is C1=CC2=C3C(=C4C=CC=CC4C2C=C1)N(c1cnc2ccccc2c1)C1c2c(c4ccccc4c4ccccc24)N(c2cnc4ccccc4c2)C31. The summed E-state index contributed by atoms with van der Waals surface area (Å²) in [6.45, 7) is 0. The van der Waals surface area contributed by atoms with Crippen LogP contribution in [-0.4, -0.2) is 16.0 Å². The molecule has 2 aromatic heterocycles. The first-order valence-electron chi connectivity index (χ1n) is 18.2. The Morgan fingerprint density at radius 3 is 1.71 bits per heavy atom. The van der Waals surface area contributed by atoms with Crippen molar-refractivity contribution >= 4 is 60.4 Å². The highest BCUT2D eigenvalue weighted by Gasteiger charge is 2.57. The van der Waals surface area contributed by atoms with Crippen molar-refractivity contribution in [2.75, 3.05) is 9.80 Å². The first kappa shape index (κ1) is 28.2. The highest BCUT2D eigenvalue weighted by Crippen LogP contribution is 2.64. The standard InChI is InChI=1S/C48H32N4/c1-11-23-41-29(13-1)25-31(27-49-41)51-45-39-21-9-5-17-35(39)33-15-3-7-19-37(33)43(45)48-47(51)44-38-20-8-4-16-34(38)36-18-6-10-22-40(36)46(44)52(48)32-26-30-14-2-12-24-42(30)50-28-32/h1-28,33,35,47-48H. The van der Waals surface area contributed by atoms with Gasteiger partial charge in [-0.05, 0) is 51.6 Å². The van der Waals surface area contributed by atoms with Crippen LogP contribution in [0.1, 0.15) is 11.6 Å². The second-order valence-electron chi connectivity index (χ2n) is 14.5. The van der Waals surface area contributed by atoms with Crippen molar-refractivity contribution in [1.29, 1.82) is 0 Å². The van der Waals surface area contributed by atoms with Crippen molar-refractivity contribution in [3.63, 3.8) is 0 Å². The maximum atomic E-state index is 5.08. The van der Waals surface area contributed by atoms with Gasteiger partial charge >= 0.3 is 0 Å². The zero-order chi connectivity index (χ0) is 33.9. The van der Waals surface area contributed by atoms with Gasteiger partial charge in [0, 0.05) is 39.1 Å². The molecule has 4 atom stereocenters. The van der Waals surface area contributed by atoms with Crippen molar-refractivity contribution in [3.05, 3.63) is 198 Å². The van der Waals surface area contributed by atoms with Gasteiger partial charge in [-0.3, -0.25) is 9.97 Å². The lowest BCUT2D eigenvalue weighted by atomic mass is 9.69. The molecule has 4 heteroatoms. The molecule has 1 fully saturated rings. The summed E-state index contributed by atoms with van der Waals surface area (Å²) in [7, 11) is 0. The molecule has 4 unspecified atom stereocenters. The Morgan fingerprint density at radius 1 is 0.481 bits per heavy atom. The molecular weight excluding hydrogens is 633 g/mol. The molecular formula is C48H32N4. The summed E-state index contributed by atoms with van der Waals surface area (Å²) in [6.07, 6.45) is 22.7. The quantitative estimate of drug-likeness (QED) is 0.172. The van der Waals surface area contributed by atoms with E-state index in [1.165, 1.54) is 55.2 Å². The fourth-order valence-electron chi connectivity index (χ4n) is 9.93. The molecule has 4 nitrogen and oxygen atoms in total. The zero-order valence-corrected chi connectivity index (χ0v) is 28.3. The number of benzene rings is 5. The molecule has 0 bridgehead atoms. The number of pyridine rings is 2. The minimum absolute atomic E-state index is 0.0185. The first-order chi connectivity index (χ1) is 25.8. The molecule has 52 heavy (non-hydrogen) atoms. The Labute approximate surface area is 301 Å². The van der Waals surface area contributed by atoms with E-state index in [1.54, 1.807) is 0 Å². The molecule has 7 aromatic rings. The Kier molecular flexibility index (Phi) is 5.70. The van der Waals surface area contributed by atoms with Gasteiger partial charge in [0.15, 0.2) is 0 Å². The Morgan fingerprint density at radius 2 is 1.02 bits per heavy atom. The van der Waals surface area contributed by atoms with Crippen molar-refractivity contribution in [3.8, 4) is 0 Å². The van der Waals surface area contributed by atoms with E-state index in [0.29, 0.717) is 0 Å². The summed E-state index contributed by atoms with van der Waals surface area (Å²) in [5.41, 5.74) is 12.3. The van der Waals surface area contributed by atoms with Crippen LogP contribution in [-0.2, 0) is 0 Å². The largest absolute Gasteiger partial charge is 0.329 e. The van der Waals surface area contributed by atoms with Gasteiger partial charge in [0.05, 0.1) is 58.3 Å². The maximum absolute atomic E-state index is 5.08. The molecule has 5 aromatic carbocycles. The fraction of sp³-hybridized carbons (Fsp3) is 0.0833. The third kappa shape index (κ3) is 3.71. The van der Waals surface area contributed by atoms with Gasteiger partial charge in [-0.1, -0.05) is 134 Å². The van der Waals surface area contributed by atoms with Gasteiger partial charge in [-0.2, -0.15) is 0 Å². The molecule has 3 aliphatic carbocycles. The summed E-state index contributed by atoms with van der Waals surface area (Å²) in [5, 5.41) is 7.40. The third-order valence-corrected chi connectivity index (χ3v) is 11.9. The lowest BCUT2D eigenvalue weighted by molar-refractivity contribution is 0.596. The Hall–Kier alpha value is -6.52. The highest BCUT2D eigenvalue weighted by atomic mass is 15.3. The highest BCUT2D eigenvalue weighted by molar-refractivity contribution is 6.18. The van der Waals surface area contributed by atoms with E-state index >= 15 is 0 Å². The van der Waals surface area contributed by atoms with Gasteiger partial charge in [0.1, 0.15) is 0 Å². The minimum atomic E-state index is -0.0260. The van der Waals surface area contributed by atoms with Crippen molar-refractivity contribution in [2.45, 2.75) is 12.1 Å². The number of allylic oxidation sites excluding steroid dienone is 10. The lowest BCUT2D eigenvalue weighted by Gasteiger charge is -2.39. The van der Waals surface area contributed by atoms with Gasteiger partial charge in [-0.15, -0.1) is 0 Å². The number of anilines is 3. The van der Waals surface area contributed by atoms with Gasteiger partial charge in [-0.25, -0.2) is 0 Å². The van der Waals surface area contributed by atoms with E-state index in [-0.39, 0.29) is 23.9 Å². The smallest absolute Gasteiger partial charge is 0.0868 e. The van der Waals surface area contributed by atoms with Crippen molar-refractivity contribution in [1.82, 2.24) is 9.97 Å². The Balaban J connectivity index is 1.26. The van der Waals surface area contributed by atoms with E-state index in [0.717, 1.165) is 33.2 Å². The summed E-state index contributed by atoms with van der Waals surface area (Å²) in [6, 6.07) is 39.6. The van der Waals surface area contributed by atoms with E-state index in [1.807, 2.05) is 0 Å². The molecule has 0 amide bonds. The summed E-state index contributed by atoms with van der Waals surface area (Å²) in [5.74, 6) is 0.502.